The molecule has 1 N–H and O–H groups in total. The van der Waals surface area contributed by atoms with Gasteiger partial charge in [0.25, 0.3) is 0 Å². The van der Waals surface area contributed by atoms with Gasteiger partial charge in [0.05, 0.1) is 11.7 Å². The zero-order valence-electron chi connectivity index (χ0n) is 10.5. The Labute approximate surface area is 106 Å². The lowest BCUT2D eigenvalue weighted by Crippen LogP contribution is -2.33. The Balaban J connectivity index is 1.92. The van der Waals surface area contributed by atoms with Gasteiger partial charge in [-0.05, 0) is 45.0 Å². The van der Waals surface area contributed by atoms with Crippen molar-refractivity contribution in [1.29, 1.82) is 0 Å². The summed E-state index contributed by atoms with van der Waals surface area (Å²) in [5, 5.41) is 3.23. The molecule has 1 aromatic rings. The SMILES string of the molecule is Cc1ccc(F)c(C(=O)COC2CCNCC2)c1. The van der Waals surface area contributed by atoms with E-state index in [9.17, 15) is 9.18 Å². The molecular weight excluding hydrogens is 233 g/mol. The van der Waals surface area contributed by atoms with Gasteiger partial charge in [0.2, 0.25) is 0 Å². The second-order valence-corrected chi connectivity index (χ2v) is 4.67. The number of benzene rings is 1. The number of halogens is 1. The van der Waals surface area contributed by atoms with E-state index >= 15 is 0 Å². The lowest BCUT2D eigenvalue weighted by Gasteiger charge is -2.22. The van der Waals surface area contributed by atoms with Gasteiger partial charge in [0, 0.05) is 0 Å². The first-order chi connectivity index (χ1) is 8.66. The van der Waals surface area contributed by atoms with Crippen LogP contribution in [-0.4, -0.2) is 31.6 Å². The monoisotopic (exact) mass is 251 g/mol. The second kappa shape index (κ2) is 6.07. The van der Waals surface area contributed by atoms with Crippen molar-refractivity contribution in [3.63, 3.8) is 0 Å². The van der Waals surface area contributed by atoms with Crippen LogP contribution in [0.15, 0.2) is 18.2 Å². The molecular formula is C14H18FNO2. The number of hydrogen-bond acceptors (Lipinski definition) is 3. The number of hydrogen-bond donors (Lipinski definition) is 1. The molecule has 1 aromatic carbocycles. The van der Waals surface area contributed by atoms with Crippen molar-refractivity contribution in [2.24, 2.45) is 0 Å². The molecule has 98 valence electrons. The molecule has 0 unspecified atom stereocenters. The van der Waals surface area contributed by atoms with E-state index < -0.39 is 5.82 Å². The van der Waals surface area contributed by atoms with E-state index in [0.29, 0.717) is 0 Å². The molecule has 0 amide bonds. The summed E-state index contributed by atoms with van der Waals surface area (Å²) in [4.78, 5) is 11.9. The molecule has 0 saturated carbocycles. The first-order valence-corrected chi connectivity index (χ1v) is 6.28. The number of ether oxygens (including phenoxy) is 1. The average Bonchev–Trinajstić information content (AvgIpc) is 2.40. The van der Waals surface area contributed by atoms with E-state index in [4.69, 9.17) is 4.74 Å². The molecule has 3 nitrogen and oxygen atoms in total. The third kappa shape index (κ3) is 3.37. The molecule has 0 aromatic heterocycles. The van der Waals surface area contributed by atoms with Crippen LogP contribution in [0.4, 0.5) is 4.39 Å². The smallest absolute Gasteiger partial charge is 0.191 e. The Morgan fingerprint density at radius 2 is 2.17 bits per heavy atom. The molecule has 1 aliphatic rings. The highest BCUT2D eigenvalue weighted by molar-refractivity contribution is 5.97. The van der Waals surface area contributed by atoms with Crippen molar-refractivity contribution in [3.8, 4) is 0 Å². The molecule has 2 rings (SSSR count). The first-order valence-electron chi connectivity index (χ1n) is 6.28. The summed E-state index contributed by atoms with van der Waals surface area (Å²) in [5.41, 5.74) is 1.01. The molecule has 4 heteroatoms. The molecule has 0 aliphatic carbocycles. The number of rotatable bonds is 4. The van der Waals surface area contributed by atoms with Crippen LogP contribution in [0.2, 0.25) is 0 Å². The number of piperidine rings is 1. The van der Waals surface area contributed by atoms with Crippen molar-refractivity contribution in [3.05, 3.63) is 35.1 Å². The second-order valence-electron chi connectivity index (χ2n) is 4.67. The number of carbonyl (C=O) groups is 1. The predicted octanol–water partition coefficient (Wildman–Crippen LogP) is 2.09. The van der Waals surface area contributed by atoms with Gasteiger partial charge in [0.1, 0.15) is 12.4 Å². The molecule has 0 atom stereocenters. The van der Waals surface area contributed by atoms with Gasteiger partial charge < -0.3 is 10.1 Å². The molecule has 1 heterocycles. The van der Waals surface area contributed by atoms with Gasteiger partial charge >= 0.3 is 0 Å². The summed E-state index contributed by atoms with van der Waals surface area (Å²) in [7, 11) is 0. The summed E-state index contributed by atoms with van der Waals surface area (Å²) in [6.07, 6.45) is 1.93. The summed E-state index contributed by atoms with van der Waals surface area (Å²) >= 11 is 0. The van der Waals surface area contributed by atoms with Crippen molar-refractivity contribution < 1.29 is 13.9 Å². The van der Waals surface area contributed by atoms with Crippen LogP contribution >= 0.6 is 0 Å². The van der Waals surface area contributed by atoms with Gasteiger partial charge in [-0.3, -0.25) is 4.79 Å². The normalized spacial score (nSPS) is 16.8. The number of carbonyl (C=O) groups excluding carboxylic acids is 1. The average molecular weight is 251 g/mol. The highest BCUT2D eigenvalue weighted by Gasteiger charge is 2.17. The van der Waals surface area contributed by atoms with Gasteiger partial charge in [-0.2, -0.15) is 0 Å². The quantitative estimate of drug-likeness (QED) is 0.833. The van der Waals surface area contributed by atoms with Crippen LogP contribution in [-0.2, 0) is 4.74 Å². The fourth-order valence-electron chi connectivity index (χ4n) is 2.09. The number of Topliss-reactive ketones (excluding diaryl/α,β-unsaturated/α-hetero) is 1. The lowest BCUT2D eigenvalue weighted by molar-refractivity contribution is 0.0315. The molecule has 18 heavy (non-hydrogen) atoms. The molecule has 1 fully saturated rings. The lowest BCUT2D eigenvalue weighted by atomic mass is 10.1. The Morgan fingerprint density at radius 3 is 2.89 bits per heavy atom. The van der Waals surface area contributed by atoms with E-state index in [1.807, 2.05) is 6.92 Å². The molecule has 0 radical (unpaired) electrons. The largest absolute Gasteiger partial charge is 0.370 e. The Morgan fingerprint density at radius 1 is 1.44 bits per heavy atom. The summed E-state index contributed by atoms with van der Waals surface area (Å²) in [6.45, 7) is 3.63. The van der Waals surface area contributed by atoms with Crippen LogP contribution < -0.4 is 5.32 Å². The minimum Gasteiger partial charge on any atom is -0.370 e. The highest BCUT2D eigenvalue weighted by atomic mass is 19.1. The zero-order chi connectivity index (χ0) is 13.0. The Hall–Kier alpha value is -1.26. The summed E-state index contributed by atoms with van der Waals surface area (Å²) in [6, 6.07) is 4.55. The van der Waals surface area contributed by atoms with Gasteiger partial charge in [0.15, 0.2) is 5.78 Å². The van der Waals surface area contributed by atoms with E-state index in [0.717, 1.165) is 31.5 Å². The topological polar surface area (TPSA) is 38.3 Å². The maximum Gasteiger partial charge on any atom is 0.191 e. The van der Waals surface area contributed by atoms with Gasteiger partial charge in [-0.15, -0.1) is 0 Å². The number of nitrogens with one attached hydrogen (secondary N) is 1. The predicted molar refractivity (Wildman–Crippen MR) is 67.3 cm³/mol. The van der Waals surface area contributed by atoms with Crippen molar-refractivity contribution in [2.45, 2.75) is 25.9 Å². The Kier molecular flexibility index (Phi) is 4.44. The number of aryl methyl sites for hydroxylation is 1. The van der Waals surface area contributed by atoms with E-state index in [1.54, 1.807) is 12.1 Å². The van der Waals surface area contributed by atoms with Crippen LogP contribution in [0.25, 0.3) is 0 Å². The van der Waals surface area contributed by atoms with Crippen molar-refractivity contribution >= 4 is 5.78 Å². The maximum absolute atomic E-state index is 13.5. The third-order valence-corrected chi connectivity index (χ3v) is 3.16. The van der Waals surface area contributed by atoms with E-state index in [1.165, 1.54) is 6.07 Å². The van der Waals surface area contributed by atoms with Crippen LogP contribution in [0.1, 0.15) is 28.8 Å². The van der Waals surface area contributed by atoms with Gasteiger partial charge in [-0.25, -0.2) is 4.39 Å². The van der Waals surface area contributed by atoms with E-state index in [-0.39, 0.29) is 24.1 Å². The van der Waals surface area contributed by atoms with Crippen molar-refractivity contribution in [2.75, 3.05) is 19.7 Å². The molecule has 0 bridgehead atoms. The zero-order valence-corrected chi connectivity index (χ0v) is 10.5. The molecule has 0 spiro atoms. The van der Waals surface area contributed by atoms with E-state index in [2.05, 4.69) is 5.32 Å². The third-order valence-electron chi connectivity index (χ3n) is 3.16. The summed E-state index contributed by atoms with van der Waals surface area (Å²) in [5.74, 6) is -0.755. The highest BCUT2D eigenvalue weighted by Crippen LogP contribution is 2.13. The minimum atomic E-state index is -0.473. The molecule has 1 saturated heterocycles. The van der Waals surface area contributed by atoms with Gasteiger partial charge in [-0.1, -0.05) is 11.6 Å². The first kappa shape index (κ1) is 13.2. The fraction of sp³-hybridized carbons (Fsp3) is 0.500. The minimum absolute atomic E-state index is 0.0367. The fourth-order valence-corrected chi connectivity index (χ4v) is 2.09. The maximum atomic E-state index is 13.5. The number of ketones is 1. The Bertz CT molecular complexity index is 428. The standard InChI is InChI=1S/C14H18FNO2/c1-10-2-3-13(15)12(8-10)14(17)9-18-11-4-6-16-7-5-11/h2-3,8,11,16H,4-7,9H2,1H3. The van der Waals surface area contributed by atoms with Crippen molar-refractivity contribution in [1.82, 2.24) is 5.32 Å². The summed E-state index contributed by atoms with van der Waals surface area (Å²) < 4.78 is 19.0. The molecule has 1 aliphatic heterocycles. The van der Waals surface area contributed by atoms with Crippen LogP contribution in [0.3, 0.4) is 0 Å². The van der Waals surface area contributed by atoms with Crippen LogP contribution in [0.5, 0.6) is 0 Å². The van der Waals surface area contributed by atoms with Crippen LogP contribution in [0, 0.1) is 12.7 Å².